The second-order valence-corrected chi connectivity index (χ2v) is 6.12. The minimum atomic E-state index is -0.0842. The number of carbonyl (C=O) groups excluding carboxylic acids is 1. The van der Waals surface area contributed by atoms with Gasteiger partial charge in [-0.1, -0.05) is 19.1 Å². The van der Waals surface area contributed by atoms with Crippen LogP contribution in [0.5, 0.6) is 11.5 Å². The normalized spacial score (nSPS) is 22.5. The van der Waals surface area contributed by atoms with Crippen LogP contribution >= 0.6 is 0 Å². The molecule has 1 aliphatic heterocycles. The Balaban J connectivity index is 1.99. The van der Waals surface area contributed by atoms with Crippen molar-refractivity contribution in [3.8, 4) is 11.5 Å². The highest BCUT2D eigenvalue weighted by molar-refractivity contribution is 5.91. The van der Waals surface area contributed by atoms with Crippen LogP contribution in [0, 0.1) is 0 Å². The van der Waals surface area contributed by atoms with E-state index in [9.17, 15) is 4.79 Å². The molecule has 0 saturated heterocycles. The van der Waals surface area contributed by atoms with Crippen LogP contribution in [0.2, 0.25) is 0 Å². The van der Waals surface area contributed by atoms with Crippen LogP contribution in [0.4, 0.5) is 0 Å². The Hall–Kier alpha value is -1.81. The zero-order valence-corrected chi connectivity index (χ0v) is 13.5. The van der Waals surface area contributed by atoms with Crippen molar-refractivity contribution in [1.82, 2.24) is 4.90 Å². The topological polar surface area (TPSA) is 38.8 Å². The van der Waals surface area contributed by atoms with Gasteiger partial charge in [-0.25, -0.2) is 0 Å². The molecule has 0 bridgehead atoms. The number of allylic oxidation sites excluding steroid dienone is 1. The van der Waals surface area contributed by atoms with Gasteiger partial charge in [-0.15, -0.1) is 0 Å². The number of hydrogen-bond acceptors (Lipinski definition) is 4. The summed E-state index contributed by atoms with van der Waals surface area (Å²) in [6.07, 6.45) is 5.18. The second-order valence-electron chi connectivity index (χ2n) is 6.12. The van der Waals surface area contributed by atoms with Crippen molar-refractivity contribution in [2.24, 2.45) is 0 Å². The van der Waals surface area contributed by atoms with Gasteiger partial charge in [-0.2, -0.15) is 0 Å². The summed E-state index contributed by atoms with van der Waals surface area (Å²) in [6, 6.07) is 4.09. The predicted molar refractivity (Wildman–Crippen MR) is 85.5 cm³/mol. The maximum absolute atomic E-state index is 11.7. The highest BCUT2D eigenvalue weighted by Gasteiger charge is 2.39. The summed E-state index contributed by atoms with van der Waals surface area (Å²) in [4.78, 5) is 14.0. The van der Waals surface area contributed by atoms with E-state index in [1.165, 1.54) is 11.1 Å². The summed E-state index contributed by atoms with van der Waals surface area (Å²) in [5.41, 5.74) is 2.45. The van der Waals surface area contributed by atoms with Gasteiger partial charge >= 0.3 is 0 Å². The molecule has 0 radical (unpaired) electrons. The Morgan fingerprint density at radius 3 is 2.95 bits per heavy atom. The fraction of sp³-hybridized carbons (Fsp3) is 0.500. The summed E-state index contributed by atoms with van der Waals surface area (Å²) in [6.45, 7) is 4.13. The predicted octanol–water partition coefficient (Wildman–Crippen LogP) is 2.91. The van der Waals surface area contributed by atoms with Crippen LogP contribution in [0.15, 0.2) is 24.3 Å². The van der Waals surface area contributed by atoms with Gasteiger partial charge in [0.15, 0.2) is 17.3 Å². The van der Waals surface area contributed by atoms with E-state index in [0.717, 1.165) is 31.0 Å². The highest BCUT2D eigenvalue weighted by Crippen LogP contribution is 2.49. The Labute approximate surface area is 131 Å². The monoisotopic (exact) mass is 301 g/mol. The lowest BCUT2D eigenvalue weighted by Gasteiger charge is -2.21. The van der Waals surface area contributed by atoms with Crippen LogP contribution in [-0.2, 0) is 11.3 Å². The fourth-order valence-electron chi connectivity index (χ4n) is 3.43. The number of benzene rings is 1. The van der Waals surface area contributed by atoms with Gasteiger partial charge in [-0.05, 0) is 37.7 Å². The fourth-order valence-corrected chi connectivity index (χ4v) is 3.43. The van der Waals surface area contributed by atoms with E-state index in [1.807, 2.05) is 12.1 Å². The van der Waals surface area contributed by atoms with E-state index in [2.05, 4.69) is 24.9 Å². The van der Waals surface area contributed by atoms with Gasteiger partial charge in [0.1, 0.15) is 6.10 Å². The first-order valence-corrected chi connectivity index (χ1v) is 7.90. The first-order valence-electron chi connectivity index (χ1n) is 7.90. The molecule has 1 aromatic carbocycles. The Kier molecular flexibility index (Phi) is 4.21. The van der Waals surface area contributed by atoms with E-state index in [1.54, 1.807) is 13.2 Å². The molecule has 22 heavy (non-hydrogen) atoms. The van der Waals surface area contributed by atoms with Crippen LogP contribution in [0.25, 0.3) is 0 Å². The average molecular weight is 301 g/mol. The standard InChI is InChI=1S/C18H23NO3/c1-4-9-19(2)11-12-5-8-15(21-3)18-17(12)14-7-6-13(20)10-16(14)22-18/h5-8,14,16H,4,9-11H2,1-3H3. The second kappa shape index (κ2) is 6.13. The summed E-state index contributed by atoms with van der Waals surface area (Å²) < 4.78 is 11.5. The van der Waals surface area contributed by atoms with Crippen molar-refractivity contribution >= 4 is 5.78 Å². The molecule has 4 nitrogen and oxygen atoms in total. The SMILES string of the molecule is CCCN(C)Cc1ccc(OC)c2c1C1C=CC(=O)CC1O2. The number of nitrogens with zero attached hydrogens (tertiary/aromatic N) is 1. The van der Waals surface area contributed by atoms with Gasteiger partial charge in [0.2, 0.25) is 0 Å². The van der Waals surface area contributed by atoms with E-state index < -0.39 is 0 Å². The van der Waals surface area contributed by atoms with Gasteiger partial charge in [0, 0.05) is 24.4 Å². The summed E-state index contributed by atoms with van der Waals surface area (Å²) in [7, 11) is 3.79. The maximum atomic E-state index is 11.7. The number of carbonyl (C=O) groups is 1. The van der Waals surface area contributed by atoms with Crippen LogP contribution in [0.1, 0.15) is 36.8 Å². The largest absolute Gasteiger partial charge is 0.493 e. The molecule has 118 valence electrons. The Bertz CT molecular complexity index is 609. The van der Waals surface area contributed by atoms with Crippen molar-refractivity contribution in [3.63, 3.8) is 0 Å². The third-order valence-electron chi connectivity index (χ3n) is 4.41. The minimum Gasteiger partial charge on any atom is -0.493 e. The molecule has 0 N–H and O–H groups in total. The molecule has 1 aromatic rings. The molecule has 0 aromatic heterocycles. The number of methoxy groups -OCH3 is 1. The molecular formula is C18H23NO3. The van der Waals surface area contributed by atoms with E-state index in [-0.39, 0.29) is 17.8 Å². The molecule has 0 fully saturated rings. The molecule has 3 rings (SSSR count). The molecule has 2 aliphatic rings. The van der Waals surface area contributed by atoms with E-state index in [4.69, 9.17) is 9.47 Å². The zero-order valence-electron chi connectivity index (χ0n) is 13.5. The molecule has 0 spiro atoms. The molecule has 0 amide bonds. The first-order chi connectivity index (χ1) is 10.6. The molecule has 1 aliphatic carbocycles. The molecular weight excluding hydrogens is 278 g/mol. The van der Waals surface area contributed by atoms with Crippen molar-refractivity contribution in [2.45, 2.75) is 38.3 Å². The van der Waals surface area contributed by atoms with Gasteiger partial charge < -0.3 is 14.4 Å². The molecule has 2 unspecified atom stereocenters. The van der Waals surface area contributed by atoms with E-state index in [0.29, 0.717) is 6.42 Å². The minimum absolute atomic E-state index is 0.0842. The highest BCUT2D eigenvalue weighted by atomic mass is 16.5. The van der Waals surface area contributed by atoms with Gasteiger partial charge in [0.25, 0.3) is 0 Å². The van der Waals surface area contributed by atoms with Crippen molar-refractivity contribution < 1.29 is 14.3 Å². The van der Waals surface area contributed by atoms with Crippen molar-refractivity contribution in [1.29, 1.82) is 0 Å². The smallest absolute Gasteiger partial charge is 0.165 e. The summed E-state index contributed by atoms with van der Waals surface area (Å²) in [5.74, 6) is 1.87. The summed E-state index contributed by atoms with van der Waals surface area (Å²) >= 11 is 0. The van der Waals surface area contributed by atoms with Gasteiger partial charge in [0.05, 0.1) is 7.11 Å². The third-order valence-corrected chi connectivity index (χ3v) is 4.41. The quantitative estimate of drug-likeness (QED) is 0.838. The Morgan fingerprint density at radius 1 is 1.41 bits per heavy atom. The lowest BCUT2D eigenvalue weighted by atomic mass is 9.85. The van der Waals surface area contributed by atoms with Crippen molar-refractivity contribution in [2.75, 3.05) is 20.7 Å². The zero-order chi connectivity index (χ0) is 15.7. The number of hydrogen-bond donors (Lipinski definition) is 0. The Morgan fingerprint density at radius 2 is 2.23 bits per heavy atom. The molecule has 0 saturated carbocycles. The maximum Gasteiger partial charge on any atom is 0.165 e. The average Bonchev–Trinajstić information content (AvgIpc) is 2.86. The van der Waals surface area contributed by atoms with Crippen LogP contribution in [0.3, 0.4) is 0 Å². The molecule has 2 atom stereocenters. The number of ketones is 1. The van der Waals surface area contributed by atoms with Crippen LogP contribution < -0.4 is 9.47 Å². The number of rotatable bonds is 5. The third kappa shape index (κ3) is 2.63. The molecule has 4 heteroatoms. The van der Waals surface area contributed by atoms with Crippen molar-refractivity contribution in [3.05, 3.63) is 35.4 Å². The lowest BCUT2D eigenvalue weighted by Crippen LogP contribution is -2.25. The molecule has 1 heterocycles. The van der Waals surface area contributed by atoms with Gasteiger partial charge in [-0.3, -0.25) is 4.79 Å². The van der Waals surface area contributed by atoms with Crippen LogP contribution in [-0.4, -0.2) is 37.5 Å². The first kappa shape index (κ1) is 15.1. The lowest BCUT2D eigenvalue weighted by molar-refractivity contribution is -0.116. The number of ether oxygens (including phenoxy) is 2. The number of fused-ring (bicyclic) bond motifs is 3. The van der Waals surface area contributed by atoms with E-state index >= 15 is 0 Å². The summed E-state index contributed by atoms with van der Waals surface area (Å²) in [5, 5.41) is 0.